The van der Waals surface area contributed by atoms with Crippen LogP contribution in [-0.4, -0.2) is 38.3 Å². The van der Waals surface area contributed by atoms with Gasteiger partial charge in [-0.15, -0.1) is 12.4 Å². The number of halogens is 1. The average molecular weight is 355 g/mol. The molecule has 0 aromatic heterocycles. The Morgan fingerprint density at radius 3 is 3.00 bits per heavy atom. The van der Waals surface area contributed by atoms with Crippen molar-refractivity contribution < 1.29 is 14.3 Å². The van der Waals surface area contributed by atoms with E-state index in [1.54, 1.807) is 0 Å². The van der Waals surface area contributed by atoms with E-state index in [9.17, 15) is 4.79 Å². The molecule has 2 heterocycles. The standard InChI is InChI=1S/C18H26N2O3.ClH/c1-13-4-5-14(17(9-13)23-16-6-8-22-12-16)11-20-18(21)15-3-2-7-19-10-15;/h4-5,9,15-16,19H,2-3,6-8,10-12H2,1H3,(H,20,21);1H. The summed E-state index contributed by atoms with van der Waals surface area (Å²) in [7, 11) is 0. The summed E-state index contributed by atoms with van der Waals surface area (Å²) in [6, 6.07) is 6.14. The van der Waals surface area contributed by atoms with E-state index in [1.807, 2.05) is 19.1 Å². The van der Waals surface area contributed by atoms with Crippen LogP contribution in [0.4, 0.5) is 0 Å². The van der Waals surface area contributed by atoms with Crippen LogP contribution in [-0.2, 0) is 16.1 Å². The van der Waals surface area contributed by atoms with Crippen molar-refractivity contribution >= 4 is 18.3 Å². The van der Waals surface area contributed by atoms with Crippen LogP contribution < -0.4 is 15.4 Å². The molecule has 0 spiro atoms. The fourth-order valence-corrected chi connectivity index (χ4v) is 3.11. The molecule has 2 aliphatic heterocycles. The van der Waals surface area contributed by atoms with Gasteiger partial charge in [0.05, 0.1) is 19.1 Å². The molecule has 3 rings (SSSR count). The maximum atomic E-state index is 12.3. The number of rotatable bonds is 5. The summed E-state index contributed by atoms with van der Waals surface area (Å²) in [6.45, 7) is 5.77. The van der Waals surface area contributed by atoms with E-state index in [0.717, 1.165) is 55.8 Å². The van der Waals surface area contributed by atoms with E-state index in [4.69, 9.17) is 9.47 Å². The Morgan fingerprint density at radius 2 is 2.29 bits per heavy atom. The van der Waals surface area contributed by atoms with Gasteiger partial charge in [0.2, 0.25) is 5.91 Å². The molecule has 0 aliphatic carbocycles. The van der Waals surface area contributed by atoms with Crippen molar-refractivity contribution in [2.24, 2.45) is 5.92 Å². The number of carbonyl (C=O) groups is 1. The number of nitrogens with one attached hydrogen (secondary N) is 2. The molecule has 2 fully saturated rings. The van der Waals surface area contributed by atoms with E-state index in [-0.39, 0.29) is 30.3 Å². The van der Waals surface area contributed by atoms with Gasteiger partial charge >= 0.3 is 0 Å². The minimum absolute atomic E-state index is 0. The van der Waals surface area contributed by atoms with Crippen LogP contribution in [0.2, 0.25) is 0 Å². The third-order valence-electron chi connectivity index (χ3n) is 4.52. The molecule has 1 aromatic carbocycles. The molecule has 6 heteroatoms. The van der Waals surface area contributed by atoms with Crippen molar-refractivity contribution in [3.05, 3.63) is 29.3 Å². The van der Waals surface area contributed by atoms with Crippen molar-refractivity contribution in [3.63, 3.8) is 0 Å². The second kappa shape index (κ2) is 9.25. The van der Waals surface area contributed by atoms with Crippen LogP contribution in [0.5, 0.6) is 5.75 Å². The first kappa shape index (κ1) is 19.0. The summed E-state index contributed by atoms with van der Waals surface area (Å²) in [4.78, 5) is 12.3. The minimum atomic E-state index is 0. The first-order valence-corrected chi connectivity index (χ1v) is 8.55. The maximum Gasteiger partial charge on any atom is 0.224 e. The van der Waals surface area contributed by atoms with Crippen LogP contribution in [0.3, 0.4) is 0 Å². The first-order valence-electron chi connectivity index (χ1n) is 8.55. The Bertz CT molecular complexity index is 541. The summed E-state index contributed by atoms with van der Waals surface area (Å²) in [5, 5.41) is 6.34. The number of piperidine rings is 1. The molecule has 5 nitrogen and oxygen atoms in total. The molecule has 0 saturated carbocycles. The van der Waals surface area contributed by atoms with Gasteiger partial charge in [-0.25, -0.2) is 0 Å². The van der Waals surface area contributed by atoms with Crippen molar-refractivity contribution in [3.8, 4) is 5.75 Å². The third kappa shape index (κ3) is 5.10. The number of hydrogen-bond donors (Lipinski definition) is 2. The van der Waals surface area contributed by atoms with E-state index < -0.39 is 0 Å². The average Bonchev–Trinajstić information content (AvgIpc) is 3.08. The number of aryl methyl sites for hydroxylation is 1. The zero-order valence-electron chi connectivity index (χ0n) is 14.2. The normalized spacial score (nSPS) is 23.4. The number of hydrogen-bond acceptors (Lipinski definition) is 4. The van der Waals surface area contributed by atoms with Gasteiger partial charge in [-0.3, -0.25) is 4.79 Å². The molecular weight excluding hydrogens is 328 g/mol. The Kier molecular flexibility index (Phi) is 7.34. The number of benzene rings is 1. The number of carbonyl (C=O) groups excluding carboxylic acids is 1. The molecule has 2 N–H and O–H groups in total. The molecule has 2 saturated heterocycles. The molecule has 2 atom stereocenters. The predicted molar refractivity (Wildman–Crippen MR) is 95.7 cm³/mol. The second-order valence-corrected chi connectivity index (χ2v) is 6.48. The highest BCUT2D eigenvalue weighted by atomic mass is 35.5. The summed E-state index contributed by atoms with van der Waals surface area (Å²) in [6.07, 6.45) is 3.08. The van der Waals surface area contributed by atoms with Gasteiger partial charge in [-0.2, -0.15) is 0 Å². The van der Waals surface area contributed by atoms with E-state index in [0.29, 0.717) is 13.2 Å². The van der Waals surface area contributed by atoms with Crippen molar-refractivity contribution in [2.75, 3.05) is 26.3 Å². The van der Waals surface area contributed by atoms with Gasteiger partial charge in [0, 0.05) is 25.1 Å². The predicted octanol–water partition coefficient (Wildman–Crippen LogP) is 2.20. The van der Waals surface area contributed by atoms with Gasteiger partial charge in [0.15, 0.2) is 0 Å². The van der Waals surface area contributed by atoms with Crippen LogP contribution in [0.1, 0.15) is 30.4 Å². The first-order chi connectivity index (χ1) is 11.2. The Balaban J connectivity index is 0.00000208. The van der Waals surface area contributed by atoms with Crippen LogP contribution >= 0.6 is 12.4 Å². The maximum absolute atomic E-state index is 12.3. The summed E-state index contributed by atoms with van der Waals surface area (Å²) in [5.41, 5.74) is 2.19. The summed E-state index contributed by atoms with van der Waals surface area (Å²) < 4.78 is 11.5. The zero-order valence-corrected chi connectivity index (χ0v) is 15.0. The molecule has 0 radical (unpaired) electrons. The van der Waals surface area contributed by atoms with Crippen molar-refractivity contribution in [1.82, 2.24) is 10.6 Å². The smallest absolute Gasteiger partial charge is 0.224 e. The molecular formula is C18H27ClN2O3. The summed E-state index contributed by atoms with van der Waals surface area (Å²) >= 11 is 0. The third-order valence-corrected chi connectivity index (χ3v) is 4.52. The lowest BCUT2D eigenvalue weighted by molar-refractivity contribution is -0.125. The quantitative estimate of drug-likeness (QED) is 0.851. The van der Waals surface area contributed by atoms with Gasteiger partial charge < -0.3 is 20.1 Å². The van der Waals surface area contributed by atoms with Crippen LogP contribution in [0.15, 0.2) is 18.2 Å². The van der Waals surface area contributed by atoms with Crippen LogP contribution in [0, 0.1) is 12.8 Å². The Hall–Kier alpha value is -1.30. The van der Waals surface area contributed by atoms with E-state index in [2.05, 4.69) is 16.7 Å². The zero-order chi connectivity index (χ0) is 16.1. The van der Waals surface area contributed by atoms with Gasteiger partial charge in [0.1, 0.15) is 11.9 Å². The van der Waals surface area contributed by atoms with E-state index >= 15 is 0 Å². The number of ether oxygens (including phenoxy) is 2. The molecule has 0 bridgehead atoms. The Labute approximate surface area is 149 Å². The highest BCUT2D eigenvalue weighted by molar-refractivity contribution is 5.85. The molecule has 1 amide bonds. The molecule has 24 heavy (non-hydrogen) atoms. The molecule has 1 aromatic rings. The molecule has 2 aliphatic rings. The fraction of sp³-hybridized carbons (Fsp3) is 0.611. The lowest BCUT2D eigenvalue weighted by Gasteiger charge is -2.22. The second-order valence-electron chi connectivity index (χ2n) is 6.48. The summed E-state index contributed by atoms with van der Waals surface area (Å²) in [5.74, 6) is 1.08. The number of amides is 1. The topological polar surface area (TPSA) is 59.6 Å². The Morgan fingerprint density at radius 1 is 1.42 bits per heavy atom. The van der Waals surface area contributed by atoms with Gasteiger partial charge in [0.25, 0.3) is 0 Å². The highest BCUT2D eigenvalue weighted by Gasteiger charge is 2.22. The van der Waals surface area contributed by atoms with Crippen molar-refractivity contribution in [1.29, 1.82) is 0 Å². The van der Waals surface area contributed by atoms with Crippen LogP contribution in [0.25, 0.3) is 0 Å². The fourth-order valence-electron chi connectivity index (χ4n) is 3.11. The minimum Gasteiger partial charge on any atom is -0.488 e. The largest absolute Gasteiger partial charge is 0.488 e. The SMILES string of the molecule is Cc1ccc(CNC(=O)C2CCCNC2)c(OC2CCOC2)c1.Cl. The monoisotopic (exact) mass is 354 g/mol. The molecule has 2 unspecified atom stereocenters. The lowest BCUT2D eigenvalue weighted by Crippen LogP contribution is -2.40. The highest BCUT2D eigenvalue weighted by Crippen LogP contribution is 2.24. The lowest BCUT2D eigenvalue weighted by atomic mass is 9.99. The van der Waals surface area contributed by atoms with Crippen molar-refractivity contribution in [2.45, 2.75) is 38.8 Å². The van der Waals surface area contributed by atoms with Gasteiger partial charge in [-0.05, 0) is 37.9 Å². The van der Waals surface area contributed by atoms with Gasteiger partial charge in [-0.1, -0.05) is 12.1 Å². The molecule has 134 valence electrons. The van der Waals surface area contributed by atoms with E-state index in [1.165, 1.54) is 0 Å².